The third-order valence-corrected chi connectivity index (χ3v) is 11.8. The predicted octanol–water partition coefficient (Wildman–Crippen LogP) is 13.4. The van der Waals surface area contributed by atoms with E-state index in [1.54, 1.807) is 0 Å². The average Bonchev–Trinajstić information content (AvgIpc) is 3.43. The Morgan fingerprint density at radius 3 is 1.80 bits per heavy atom. The summed E-state index contributed by atoms with van der Waals surface area (Å²) < 4.78 is 5.76. The molecule has 10 rings (SSSR count). The molecular formula is C54H40O2. The first-order valence-corrected chi connectivity index (χ1v) is 19.6. The zero-order valence-corrected chi connectivity index (χ0v) is 31.1. The molecule has 268 valence electrons. The van der Waals surface area contributed by atoms with Gasteiger partial charge in [-0.2, -0.15) is 0 Å². The van der Waals surface area contributed by atoms with Crippen LogP contribution in [0.1, 0.15) is 51.6 Å². The van der Waals surface area contributed by atoms with Crippen molar-refractivity contribution in [3.63, 3.8) is 0 Å². The first-order valence-electron chi connectivity index (χ1n) is 19.6. The van der Waals surface area contributed by atoms with Gasteiger partial charge in [-0.05, 0) is 104 Å². The molecule has 0 saturated carbocycles. The number of hydrogen-bond acceptors (Lipinski definition) is 2. The van der Waals surface area contributed by atoms with E-state index in [0.29, 0.717) is 11.0 Å². The fourth-order valence-electron chi connectivity index (χ4n) is 8.95. The van der Waals surface area contributed by atoms with Crippen LogP contribution in [-0.2, 0) is 12.8 Å². The molecule has 0 spiro atoms. The van der Waals surface area contributed by atoms with Crippen molar-refractivity contribution in [3.05, 3.63) is 238 Å². The van der Waals surface area contributed by atoms with Crippen LogP contribution in [0.25, 0.3) is 55.1 Å². The Morgan fingerprint density at radius 1 is 0.500 bits per heavy atom. The molecule has 0 radical (unpaired) electrons. The van der Waals surface area contributed by atoms with E-state index >= 15 is 0 Å². The van der Waals surface area contributed by atoms with Crippen molar-refractivity contribution in [2.45, 2.75) is 31.1 Å². The van der Waals surface area contributed by atoms with E-state index in [-0.39, 0.29) is 17.5 Å². The lowest BCUT2D eigenvalue weighted by atomic mass is 9.82. The standard InChI is InChI=1S/C54H40O2/c55-54-52-34-44-30-31-45(46-18-7-8-19-47(46)50(44)35-51(52)48-20-9-10-21-53(48)56-54)43-17-11-12-36(32-43)33-49(41-26-22-39(23-27-41)37-13-3-1-4-14-37)42-28-24-40(25-29-42)38-15-5-2-6-16-38/h1-29,32,34-35,45,49H,30-31,33H2. The number of para-hydroxylation sites is 1. The lowest BCUT2D eigenvalue weighted by Gasteiger charge is -2.22. The SMILES string of the molecule is O=c1oc2ccccc2c2cc3c(cc12)CCC(c1cccc(CC(c2ccc(-c4ccccc4)cc2)c2ccc(-c4ccccc4)cc2)c1)c1ccccc1-3. The summed E-state index contributed by atoms with van der Waals surface area (Å²) in [5, 5.41) is 2.57. The quantitative estimate of drug-likeness (QED) is 0.121. The van der Waals surface area contributed by atoms with Gasteiger partial charge in [0.1, 0.15) is 5.58 Å². The fourth-order valence-corrected chi connectivity index (χ4v) is 8.95. The second-order valence-electron chi connectivity index (χ2n) is 15.1. The first-order chi connectivity index (χ1) is 27.7. The lowest BCUT2D eigenvalue weighted by Crippen LogP contribution is -2.07. The third kappa shape index (κ3) is 6.33. The Hall–Kier alpha value is -6.77. The number of benzene rings is 8. The van der Waals surface area contributed by atoms with E-state index in [2.05, 4.69) is 170 Å². The number of fused-ring (bicyclic) bond motifs is 6. The van der Waals surface area contributed by atoms with Gasteiger partial charge in [-0.1, -0.05) is 176 Å². The van der Waals surface area contributed by atoms with E-state index in [9.17, 15) is 4.79 Å². The van der Waals surface area contributed by atoms with Crippen molar-refractivity contribution in [2.24, 2.45) is 0 Å². The zero-order valence-electron chi connectivity index (χ0n) is 31.1. The van der Waals surface area contributed by atoms with Gasteiger partial charge in [-0.15, -0.1) is 0 Å². The van der Waals surface area contributed by atoms with E-state index in [1.807, 2.05) is 24.3 Å². The van der Waals surface area contributed by atoms with Crippen LogP contribution in [0.5, 0.6) is 0 Å². The molecule has 0 bridgehead atoms. The molecule has 0 amide bonds. The van der Waals surface area contributed by atoms with E-state index in [1.165, 1.54) is 66.8 Å². The van der Waals surface area contributed by atoms with Crippen LogP contribution in [0.4, 0.5) is 0 Å². The third-order valence-electron chi connectivity index (χ3n) is 11.8. The topological polar surface area (TPSA) is 30.2 Å². The molecule has 1 unspecified atom stereocenters. The molecule has 8 aromatic carbocycles. The van der Waals surface area contributed by atoms with Crippen LogP contribution in [0.3, 0.4) is 0 Å². The van der Waals surface area contributed by atoms with Crippen LogP contribution in [0.15, 0.2) is 203 Å². The van der Waals surface area contributed by atoms with Gasteiger partial charge in [-0.25, -0.2) is 4.79 Å². The highest BCUT2D eigenvalue weighted by Crippen LogP contribution is 2.43. The zero-order chi connectivity index (χ0) is 37.4. The maximum absolute atomic E-state index is 13.2. The summed E-state index contributed by atoms with van der Waals surface area (Å²) in [5.74, 6) is 0.392. The summed E-state index contributed by atoms with van der Waals surface area (Å²) in [7, 11) is 0. The Bertz CT molecular complexity index is 2800. The highest BCUT2D eigenvalue weighted by molar-refractivity contribution is 6.06. The largest absolute Gasteiger partial charge is 0.422 e. The van der Waals surface area contributed by atoms with Gasteiger partial charge in [0.05, 0.1) is 5.39 Å². The van der Waals surface area contributed by atoms with Crippen LogP contribution >= 0.6 is 0 Å². The molecular weight excluding hydrogens is 681 g/mol. The molecule has 1 heterocycles. The van der Waals surface area contributed by atoms with Crippen molar-refractivity contribution in [2.75, 3.05) is 0 Å². The molecule has 0 aliphatic heterocycles. The summed E-state index contributed by atoms with van der Waals surface area (Å²) in [4.78, 5) is 13.2. The van der Waals surface area contributed by atoms with E-state index in [4.69, 9.17) is 4.42 Å². The monoisotopic (exact) mass is 720 g/mol. The molecule has 1 aliphatic carbocycles. The summed E-state index contributed by atoms with van der Waals surface area (Å²) >= 11 is 0. The van der Waals surface area contributed by atoms with Gasteiger partial charge in [0.15, 0.2) is 0 Å². The average molecular weight is 721 g/mol. The van der Waals surface area contributed by atoms with Gasteiger partial charge in [0.25, 0.3) is 0 Å². The van der Waals surface area contributed by atoms with Crippen LogP contribution < -0.4 is 5.63 Å². The Kier molecular flexibility index (Phi) is 8.73. The molecule has 2 nitrogen and oxygen atoms in total. The molecule has 0 fully saturated rings. The van der Waals surface area contributed by atoms with Gasteiger partial charge in [0, 0.05) is 22.6 Å². The Balaban J connectivity index is 1.02. The minimum atomic E-state index is -0.276. The molecule has 0 saturated heterocycles. The second kappa shape index (κ2) is 14.5. The summed E-state index contributed by atoms with van der Waals surface area (Å²) in [5.41, 5.74) is 15.5. The van der Waals surface area contributed by atoms with Crippen molar-refractivity contribution < 1.29 is 4.42 Å². The molecule has 1 aliphatic rings. The number of hydrogen-bond donors (Lipinski definition) is 0. The van der Waals surface area contributed by atoms with Crippen molar-refractivity contribution in [1.29, 1.82) is 0 Å². The summed E-state index contributed by atoms with van der Waals surface area (Å²) in [6.07, 6.45) is 2.69. The van der Waals surface area contributed by atoms with Crippen molar-refractivity contribution in [3.8, 4) is 33.4 Å². The van der Waals surface area contributed by atoms with Crippen molar-refractivity contribution in [1.82, 2.24) is 0 Å². The van der Waals surface area contributed by atoms with Gasteiger partial charge < -0.3 is 4.42 Å². The maximum atomic E-state index is 13.2. The highest BCUT2D eigenvalue weighted by Gasteiger charge is 2.26. The molecule has 9 aromatic rings. The minimum absolute atomic E-state index is 0.180. The van der Waals surface area contributed by atoms with Gasteiger partial charge in [-0.3, -0.25) is 0 Å². The van der Waals surface area contributed by atoms with E-state index < -0.39 is 0 Å². The predicted molar refractivity (Wildman–Crippen MR) is 231 cm³/mol. The number of aryl methyl sites for hydroxylation is 1. The Morgan fingerprint density at radius 2 is 1.11 bits per heavy atom. The highest BCUT2D eigenvalue weighted by atomic mass is 16.4. The second-order valence-corrected chi connectivity index (χ2v) is 15.1. The molecule has 0 N–H and O–H groups in total. The molecule has 56 heavy (non-hydrogen) atoms. The van der Waals surface area contributed by atoms with Gasteiger partial charge >= 0.3 is 5.63 Å². The lowest BCUT2D eigenvalue weighted by molar-refractivity contribution is 0.569. The van der Waals surface area contributed by atoms with Gasteiger partial charge in [0.2, 0.25) is 0 Å². The Labute approximate surface area is 327 Å². The number of rotatable bonds is 7. The summed E-state index contributed by atoms with van der Waals surface area (Å²) in [6, 6.07) is 69.9. The van der Waals surface area contributed by atoms with Crippen LogP contribution in [-0.4, -0.2) is 0 Å². The first kappa shape index (κ1) is 33.8. The molecule has 1 aromatic heterocycles. The summed E-state index contributed by atoms with van der Waals surface area (Å²) in [6.45, 7) is 0. The maximum Gasteiger partial charge on any atom is 0.344 e. The van der Waals surface area contributed by atoms with E-state index in [0.717, 1.165) is 30.0 Å². The molecule has 2 heteroatoms. The minimum Gasteiger partial charge on any atom is -0.422 e. The van der Waals surface area contributed by atoms with Crippen LogP contribution in [0.2, 0.25) is 0 Å². The molecule has 1 atom stereocenters. The normalized spacial score (nSPS) is 13.7. The van der Waals surface area contributed by atoms with Crippen molar-refractivity contribution >= 4 is 21.7 Å². The smallest absolute Gasteiger partial charge is 0.344 e. The van der Waals surface area contributed by atoms with Crippen LogP contribution in [0, 0.1) is 0 Å². The fraction of sp³-hybridized carbons (Fsp3) is 0.0926.